The first-order valence-electron chi connectivity index (χ1n) is 21.6. The third-order valence-electron chi connectivity index (χ3n) is 13.9. The van der Waals surface area contributed by atoms with Crippen LogP contribution in [0.3, 0.4) is 0 Å². The van der Waals surface area contributed by atoms with Crippen LogP contribution >= 0.6 is 11.3 Å². The minimum absolute atomic E-state index is 0.0595. The van der Waals surface area contributed by atoms with Crippen LogP contribution in [0.5, 0.6) is 5.75 Å². The van der Waals surface area contributed by atoms with Crippen LogP contribution in [0.4, 0.5) is 10.2 Å². The van der Waals surface area contributed by atoms with E-state index in [2.05, 4.69) is 41.2 Å². The molecule has 0 unspecified atom stereocenters. The largest absolute Gasteiger partial charge is 0.507 e. The number of likely N-dealkylation sites (tertiary alicyclic amines) is 1. The van der Waals surface area contributed by atoms with Gasteiger partial charge in [0.15, 0.2) is 11.6 Å². The average Bonchev–Trinajstić information content (AvgIpc) is 3.59. The molecule has 4 fully saturated rings. The van der Waals surface area contributed by atoms with Crippen molar-refractivity contribution in [3.05, 3.63) is 95.0 Å². The number of nitrogens with one attached hydrogen (secondary N) is 1. The third-order valence-corrected chi connectivity index (χ3v) is 14.8. The quantitative estimate of drug-likeness (QED) is 0.112. The number of benzene rings is 2. The van der Waals surface area contributed by atoms with Crippen molar-refractivity contribution >= 4 is 40.0 Å². The molecule has 3 N–H and O–H groups in total. The number of para-hydroxylation sites is 1. The zero-order valence-electron chi connectivity index (χ0n) is 35.3. The van der Waals surface area contributed by atoms with E-state index in [1.807, 2.05) is 81.7 Å². The number of phenolic OH excluding ortho intramolecular Hbond substituents is 1. The number of phenols is 1. The van der Waals surface area contributed by atoms with E-state index in [0.717, 1.165) is 77.2 Å². The van der Waals surface area contributed by atoms with Gasteiger partial charge in [-0.25, -0.2) is 9.37 Å². The molecule has 0 radical (unpaired) electrons. The third kappa shape index (κ3) is 6.93. The van der Waals surface area contributed by atoms with Gasteiger partial charge in [-0.2, -0.15) is 0 Å². The van der Waals surface area contributed by atoms with E-state index >= 15 is 0 Å². The number of aliphatic hydroxyl groups is 1. The van der Waals surface area contributed by atoms with Crippen molar-refractivity contribution in [2.45, 2.75) is 95.4 Å². The number of aromatic nitrogens is 5. The number of rotatable bonds is 12. The summed E-state index contributed by atoms with van der Waals surface area (Å²) in [7, 11) is 0. The van der Waals surface area contributed by atoms with Crippen LogP contribution in [-0.4, -0.2) is 90.3 Å². The highest BCUT2D eigenvalue weighted by molar-refractivity contribution is 7.13. The second-order valence-electron chi connectivity index (χ2n) is 18.6. The molecule has 2 aliphatic carbocycles. The Morgan fingerprint density at radius 1 is 1.03 bits per heavy atom. The summed E-state index contributed by atoms with van der Waals surface area (Å²) in [5.41, 5.74) is 8.13. The SMILES string of the molecule is Cc1ncsc1-c1ccc([C@H](C)NC(=O)[C@@H]2C[C@@H](O)CN2C(=O)[C@@H](c2cc(N3CC4(CC(c5cc6nnc(-c7ccccc7O)cc6n5C5(CF)CC5)C4)C3)no2)C(C)C)cc1. The number of aromatic hydroxyl groups is 1. The number of carbonyl (C=O) groups is 2. The number of halogens is 1. The summed E-state index contributed by atoms with van der Waals surface area (Å²) in [6.45, 7) is 8.98. The second-order valence-corrected chi connectivity index (χ2v) is 19.4. The topological polar surface area (TPSA) is 163 Å². The van der Waals surface area contributed by atoms with Gasteiger partial charge in [0.2, 0.25) is 11.8 Å². The molecule has 6 aromatic rings. The van der Waals surface area contributed by atoms with Crippen molar-refractivity contribution in [1.29, 1.82) is 0 Å². The average molecular weight is 859 g/mol. The number of anilines is 1. The Morgan fingerprint density at radius 3 is 2.47 bits per heavy atom. The van der Waals surface area contributed by atoms with Crippen molar-refractivity contribution in [3.8, 4) is 27.4 Å². The fourth-order valence-electron chi connectivity index (χ4n) is 10.3. The van der Waals surface area contributed by atoms with Gasteiger partial charge in [0.25, 0.3) is 0 Å². The molecule has 15 heteroatoms. The molecule has 2 amide bonds. The van der Waals surface area contributed by atoms with Crippen LogP contribution in [-0.2, 0) is 15.1 Å². The van der Waals surface area contributed by atoms with E-state index in [9.17, 15) is 24.2 Å². The lowest BCUT2D eigenvalue weighted by atomic mass is 9.57. The maximum atomic E-state index is 14.7. The standard InChI is InChI=1S/C47H51FN8O5S/c1-26(2)42(45(60)55-21-32(57)15-38(55)44(59)50-27(3)29-9-11-30(12-10-29)43-28(4)49-25-62-43)40-18-41(53-61-40)54-23-46(24-54)19-31(20-46)36-17-35-37(56(36)47(22-48)13-14-47)16-34(51-52-35)33-7-5-6-8-39(33)58/h5-12,16-18,25-27,31-32,38,42,57-58H,13-15,19-24H2,1-4H3,(H,50,59)/t27-,32+,38-,42+/m0/s1. The molecular weight excluding hydrogens is 808 g/mol. The van der Waals surface area contributed by atoms with Crippen LogP contribution in [0, 0.1) is 18.3 Å². The summed E-state index contributed by atoms with van der Waals surface area (Å²) in [5, 5.41) is 37.8. The Balaban J connectivity index is 0.800. The number of hydrogen-bond donors (Lipinski definition) is 3. The fourth-order valence-corrected chi connectivity index (χ4v) is 11.1. The van der Waals surface area contributed by atoms with E-state index in [1.165, 1.54) is 4.90 Å². The first kappa shape index (κ1) is 40.4. The van der Waals surface area contributed by atoms with Crippen molar-refractivity contribution in [1.82, 2.24) is 35.1 Å². The van der Waals surface area contributed by atoms with E-state index in [0.29, 0.717) is 22.8 Å². The molecule has 2 aliphatic heterocycles. The molecule has 6 heterocycles. The number of carbonyl (C=O) groups excluding carboxylic acids is 2. The number of aliphatic hydroxyl groups excluding tert-OH is 1. The van der Waals surface area contributed by atoms with Crippen LogP contribution in [0.15, 0.2) is 76.8 Å². The summed E-state index contributed by atoms with van der Waals surface area (Å²) < 4.78 is 22.8. The highest BCUT2D eigenvalue weighted by Gasteiger charge is 2.56. The zero-order chi connectivity index (χ0) is 43.1. The van der Waals surface area contributed by atoms with Gasteiger partial charge >= 0.3 is 0 Å². The smallest absolute Gasteiger partial charge is 0.243 e. The summed E-state index contributed by atoms with van der Waals surface area (Å²) in [4.78, 5) is 37.3. The maximum Gasteiger partial charge on any atom is 0.243 e. The Labute approximate surface area is 363 Å². The number of thiazole rings is 1. The number of alkyl halides is 1. The number of nitrogens with zero attached hydrogens (tertiary/aromatic N) is 7. The van der Waals surface area contributed by atoms with Gasteiger partial charge in [-0.15, -0.1) is 21.5 Å². The highest BCUT2D eigenvalue weighted by atomic mass is 32.1. The maximum absolute atomic E-state index is 14.7. The first-order chi connectivity index (χ1) is 29.9. The Hall–Kier alpha value is -5.67. The molecule has 10 rings (SSSR count). The Kier molecular flexibility index (Phi) is 9.97. The van der Waals surface area contributed by atoms with Crippen molar-refractivity contribution in [2.24, 2.45) is 11.3 Å². The van der Waals surface area contributed by atoms with Crippen molar-refractivity contribution < 1.29 is 28.7 Å². The minimum atomic E-state index is -0.825. The highest BCUT2D eigenvalue weighted by Crippen LogP contribution is 2.59. The molecular formula is C47H51FN8O5S. The lowest BCUT2D eigenvalue weighted by Crippen LogP contribution is -2.62. The van der Waals surface area contributed by atoms with Gasteiger partial charge in [0.05, 0.1) is 45.0 Å². The number of β-amino-alcohol motifs (C(OH)–C–C–N with tert-alkyl or cyclic N) is 1. The van der Waals surface area contributed by atoms with Crippen LogP contribution in [0.25, 0.3) is 32.7 Å². The molecule has 0 bridgehead atoms. The number of amides is 2. The second kappa shape index (κ2) is 15.3. The van der Waals surface area contributed by atoms with Gasteiger partial charge in [0, 0.05) is 54.7 Å². The van der Waals surface area contributed by atoms with Crippen molar-refractivity contribution in [3.63, 3.8) is 0 Å². The van der Waals surface area contributed by atoms with E-state index in [-0.39, 0.29) is 53.8 Å². The molecule has 322 valence electrons. The van der Waals surface area contributed by atoms with Gasteiger partial charge in [-0.1, -0.05) is 55.4 Å². The molecule has 2 saturated heterocycles. The van der Waals surface area contributed by atoms with Gasteiger partial charge in [0.1, 0.15) is 29.9 Å². The summed E-state index contributed by atoms with van der Waals surface area (Å²) >= 11 is 1.59. The van der Waals surface area contributed by atoms with E-state index in [4.69, 9.17) is 4.52 Å². The molecule has 2 aromatic carbocycles. The predicted octanol–water partition coefficient (Wildman–Crippen LogP) is 7.65. The predicted molar refractivity (Wildman–Crippen MR) is 233 cm³/mol. The summed E-state index contributed by atoms with van der Waals surface area (Å²) in [6.07, 6.45) is 2.75. The molecule has 4 atom stereocenters. The van der Waals surface area contributed by atoms with Crippen LogP contribution in [0.1, 0.15) is 93.5 Å². The van der Waals surface area contributed by atoms with Crippen LogP contribution in [0.2, 0.25) is 0 Å². The number of hydrogen-bond acceptors (Lipinski definition) is 11. The summed E-state index contributed by atoms with van der Waals surface area (Å²) in [5.74, 6) is 0.0370. The van der Waals surface area contributed by atoms with Crippen molar-refractivity contribution in [2.75, 3.05) is 31.2 Å². The molecule has 62 heavy (non-hydrogen) atoms. The Morgan fingerprint density at radius 2 is 1.79 bits per heavy atom. The molecule has 1 spiro atoms. The molecule has 4 aliphatic rings. The van der Waals surface area contributed by atoms with Gasteiger partial charge in [-0.3, -0.25) is 9.59 Å². The normalized spacial score (nSPS) is 21.3. The lowest BCUT2D eigenvalue weighted by molar-refractivity contribution is -0.141. The molecule has 2 saturated carbocycles. The van der Waals surface area contributed by atoms with Gasteiger partial charge in [-0.05, 0) is 80.8 Å². The van der Waals surface area contributed by atoms with E-state index in [1.54, 1.807) is 23.5 Å². The first-order valence-corrected chi connectivity index (χ1v) is 22.5. The molecule has 4 aromatic heterocycles. The lowest BCUT2D eigenvalue weighted by Gasteiger charge is -2.59. The van der Waals surface area contributed by atoms with E-state index < -0.39 is 30.3 Å². The molecule has 13 nitrogen and oxygen atoms in total. The zero-order valence-corrected chi connectivity index (χ0v) is 36.1. The minimum Gasteiger partial charge on any atom is -0.507 e. The van der Waals surface area contributed by atoms with Gasteiger partial charge < -0.3 is 34.4 Å². The van der Waals surface area contributed by atoms with Crippen LogP contribution < -0.4 is 10.2 Å². The number of aryl methyl sites for hydroxylation is 1. The number of fused-ring (bicyclic) bond motifs is 1. The monoisotopic (exact) mass is 858 g/mol. The Bertz CT molecular complexity index is 2660. The summed E-state index contributed by atoms with van der Waals surface area (Å²) in [6, 6.07) is 19.8. The fraction of sp³-hybridized carbons (Fsp3) is 0.447.